The number of benzene rings is 1. The smallest absolute Gasteiger partial charge is 0.269 e. The molecule has 3 rings (SSSR count). The second kappa shape index (κ2) is 6.93. The molecule has 0 fully saturated rings. The molecule has 0 saturated heterocycles. The zero-order valence-electron chi connectivity index (χ0n) is 13.2. The van der Waals surface area contributed by atoms with E-state index in [-0.39, 0.29) is 5.91 Å². The van der Waals surface area contributed by atoms with Crippen LogP contribution in [0.3, 0.4) is 0 Å². The maximum atomic E-state index is 12.4. The van der Waals surface area contributed by atoms with E-state index < -0.39 is 0 Å². The van der Waals surface area contributed by atoms with Crippen LogP contribution in [-0.4, -0.2) is 35.3 Å². The van der Waals surface area contributed by atoms with Gasteiger partial charge in [0, 0.05) is 5.56 Å². The number of nitrogens with one attached hydrogen (secondary N) is 1. The number of ether oxygens (including phenoxy) is 2. The molecule has 1 N–H and O–H groups in total. The highest BCUT2D eigenvalue weighted by atomic mass is 32.1. The number of aryl methyl sites for hydroxylation is 1. The Morgan fingerprint density at radius 2 is 2.00 bits per heavy atom. The van der Waals surface area contributed by atoms with Crippen LogP contribution in [0, 0.1) is 6.92 Å². The minimum Gasteiger partial charge on any atom is -0.493 e. The van der Waals surface area contributed by atoms with Crippen LogP contribution in [0.25, 0.3) is 10.6 Å². The van der Waals surface area contributed by atoms with Gasteiger partial charge in [0.15, 0.2) is 11.5 Å². The van der Waals surface area contributed by atoms with Crippen LogP contribution in [0.1, 0.15) is 15.4 Å². The number of methoxy groups -OCH3 is 2. The lowest BCUT2D eigenvalue weighted by Crippen LogP contribution is -2.11. The Labute approximate surface area is 146 Å². The van der Waals surface area contributed by atoms with E-state index >= 15 is 0 Å². The van der Waals surface area contributed by atoms with Crippen molar-refractivity contribution in [1.29, 1.82) is 0 Å². The summed E-state index contributed by atoms with van der Waals surface area (Å²) in [6.07, 6.45) is 0. The van der Waals surface area contributed by atoms with Crippen molar-refractivity contribution in [2.75, 3.05) is 19.5 Å². The normalized spacial score (nSPS) is 10.5. The maximum Gasteiger partial charge on any atom is 0.269 e. The van der Waals surface area contributed by atoms with Crippen molar-refractivity contribution < 1.29 is 14.3 Å². The van der Waals surface area contributed by atoms with E-state index in [1.807, 2.05) is 18.2 Å². The standard InChI is InChI=1S/C15H14N4O3S2/c1-8-12(13(20)18-15-19-16-7-23-15)24-14(17-8)9-4-5-10(21-2)11(6-9)22-3/h4-7H,1-3H3,(H,18,19,20). The highest BCUT2D eigenvalue weighted by Gasteiger charge is 2.18. The predicted octanol–water partition coefficient (Wildman–Crippen LogP) is 3.24. The fourth-order valence-electron chi connectivity index (χ4n) is 2.08. The Bertz CT molecular complexity index is 862. The molecule has 0 aliphatic carbocycles. The first-order valence-electron chi connectivity index (χ1n) is 6.89. The van der Waals surface area contributed by atoms with Crippen molar-refractivity contribution in [3.8, 4) is 22.1 Å². The van der Waals surface area contributed by atoms with Gasteiger partial charge in [-0.2, -0.15) is 0 Å². The van der Waals surface area contributed by atoms with Gasteiger partial charge in [0.25, 0.3) is 5.91 Å². The van der Waals surface area contributed by atoms with Crippen LogP contribution >= 0.6 is 22.7 Å². The third kappa shape index (κ3) is 3.22. The quantitative estimate of drug-likeness (QED) is 0.750. The van der Waals surface area contributed by atoms with Gasteiger partial charge in [0.05, 0.1) is 19.9 Å². The average Bonchev–Trinajstić information content (AvgIpc) is 3.23. The van der Waals surface area contributed by atoms with E-state index in [0.29, 0.717) is 27.2 Å². The van der Waals surface area contributed by atoms with Gasteiger partial charge in [-0.3, -0.25) is 10.1 Å². The van der Waals surface area contributed by atoms with Gasteiger partial charge in [0.1, 0.15) is 15.4 Å². The van der Waals surface area contributed by atoms with Crippen LogP contribution in [0.15, 0.2) is 23.7 Å². The molecule has 3 aromatic rings. The van der Waals surface area contributed by atoms with E-state index in [1.54, 1.807) is 26.7 Å². The molecule has 2 aromatic heterocycles. The molecule has 0 aliphatic heterocycles. The third-order valence-corrected chi connectivity index (χ3v) is 5.03. The van der Waals surface area contributed by atoms with Crippen molar-refractivity contribution in [3.05, 3.63) is 34.3 Å². The lowest BCUT2D eigenvalue weighted by atomic mass is 10.2. The molecule has 1 aromatic carbocycles. The van der Waals surface area contributed by atoms with Crippen molar-refractivity contribution in [1.82, 2.24) is 15.2 Å². The largest absolute Gasteiger partial charge is 0.493 e. The lowest BCUT2D eigenvalue weighted by Gasteiger charge is -2.08. The van der Waals surface area contributed by atoms with Crippen LogP contribution < -0.4 is 14.8 Å². The third-order valence-electron chi connectivity index (χ3n) is 3.21. The Balaban J connectivity index is 1.90. The van der Waals surface area contributed by atoms with Gasteiger partial charge in [-0.25, -0.2) is 4.98 Å². The molecule has 0 spiro atoms. The number of thiazole rings is 1. The minimum absolute atomic E-state index is 0.242. The highest BCUT2D eigenvalue weighted by Crippen LogP contribution is 2.35. The first kappa shape index (κ1) is 16.3. The maximum absolute atomic E-state index is 12.4. The number of rotatable bonds is 5. The van der Waals surface area contributed by atoms with Gasteiger partial charge < -0.3 is 9.47 Å². The van der Waals surface area contributed by atoms with Gasteiger partial charge in [0.2, 0.25) is 5.13 Å². The summed E-state index contributed by atoms with van der Waals surface area (Å²) in [6, 6.07) is 5.53. The first-order valence-corrected chi connectivity index (χ1v) is 8.59. The van der Waals surface area contributed by atoms with Crippen LogP contribution in [0.4, 0.5) is 5.13 Å². The number of carbonyl (C=O) groups is 1. The molecule has 124 valence electrons. The Hall–Kier alpha value is -2.52. The summed E-state index contributed by atoms with van der Waals surface area (Å²) in [5.74, 6) is 1.01. The van der Waals surface area contributed by atoms with Gasteiger partial charge >= 0.3 is 0 Å². The molecule has 0 radical (unpaired) electrons. The molecule has 0 saturated carbocycles. The Morgan fingerprint density at radius 1 is 1.21 bits per heavy atom. The number of hydrogen-bond donors (Lipinski definition) is 1. The molecule has 0 aliphatic rings. The number of carbonyl (C=O) groups excluding carboxylic acids is 1. The van der Waals surface area contributed by atoms with Gasteiger partial charge in [-0.15, -0.1) is 21.5 Å². The van der Waals surface area contributed by atoms with E-state index in [2.05, 4.69) is 20.5 Å². The van der Waals surface area contributed by atoms with Crippen LogP contribution in [-0.2, 0) is 0 Å². The second-order valence-electron chi connectivity index (χ2n) is 4.70. The lowest BCUT2D eigenvalue weighted by molar-refractivity contribution is 0.102. The Morgan fingerprint density at radius 3 is 2.67 bits per heavy atom. The first-order chi connectivity index (χ1) is 11.6. The van der Waals surface area contributed by atoms with Crippen LogP contribution in [0.5, 0.6) is 11.5 Å². The van der Waals surface area contributed by atoms with Crippen molar-refractivity contribution in [3.63, 3.8) is 0 Å². The molecule has 1 amide bonds. The van der Waals surface area contributed by atoms with Crippen molar-refractivity contribution in [2.24, 2.45) is 0 Å². The molecule has 0 atom stereocenters. The van der Waals surface area contributed by atoms with E-state index in [0.717, 1.165) is 10.6 Å². The molecular formula is C15H14N4O3S2. The zero-order valence-corrected chi connectivity index (χ0v) is 14.8. The van der Waals surface area contributed by atoms with E-state index in [4.69, 9.17) is 9.47 Å². The summed E-state index contributed by atoms with van der Waals surface area (Å²) < 4.78 is 10.5. The number of anilines is 1. The number of nitrogens with zero attached hydrogens (tertiary/aromatic N) is 3. The monoisotopic (exact) mass is 362 g/mol. The van der Waals surface area contributed by atoms with E-state index in [9.17, 15) is 4.79 Å². The summed E-state index contributed by atoms with van der Waals surface area (Å²) >= 11 is 2.58. The molecular weight excluding hydrogens is 348 g/mol. The van der Waals surface area contributed by atoms with Crippen molar-refractivity contribution >= 4 is 33.7 Å². The SMILES string of the molecule is COc1ccc(-c2nc(C)c(C(=O)Nc3nncs3)s2)cc1OC. The Kier molecular flexibility index (Phi) is 4.72. The number of aromatic nitrogens is 3. The fraction of sp³-hybridized carbons (Fsp3) is 0.200. The molecule has 24 heavy (non-hydrogen) atoms. The summed E-state index contributed by atoms with van der Waals surface area (Å²) in [5.41, 5.74) is 3.08. The van der Waals surface area contributed by atoms with Gasteiger partial charge in [-0.05, 0) is 25.1 Å². The molecule has 0 unspecified atom stereocenters. The molecule has 0 bridgehead atoms. The summed E-state index contributed by atoms with van der Waals surface area (Å²) in [7, 11) is 3.16. The number of hydrogen-bond acceptors (Lipinski definition) is 8. The van der Waals surface area contributed by atoms with E-state index in [1.165, 1.54) is 22.7 Å². The highest BCUT2D eigenvalue weighted by molar-refractivity contribution is 7.17. The minimum atomic E-state index is -0.242. The molecule has 2 heterocycles. The summed E-state index contributed by atoms with van der Waals surface area (Å²) in [4.78, 5) is 17.4. The van der Waals surface area contributed by atoms with Gasteiger partial charge in [-0.1, -0.05) is 11.3 Å². The molecule has 9 heteroatoms. The average molecular weight is 362 g/mol. The fourth-order valence-corrected chi connectivity index (χ4v) is 3.48. The predicted molar refractivity (Wildman–Crippen MR) is 93.3 cm³/mol. The topological polar surface area (TPSA) is 86.2 Å². The summed E-state index contributed by atoms with van der Waals surface area (Å²) in [6.45, 7) is 1.80. The van der Waals surface area contributed by atoms with Crippen molar-refractivity contribution in [2.45, 2.75) is 6.92 Å². The zero-order chi connectivity index (χ0) is 17.1. The summed E-state index contributed by atoms with van der Waals surface area (Å²) in [5, 5.41) is 11.4. The van der Waals surface area contributed by atoms with Crippen LogP contribution in [0.2, 0.25) is 0 Å². The molecule has 7 nitrogen and oxygen atoms in total. The second-order valence-corrected chi connectivity index (χ2v) is 6.53. The number of amides is 1.